The van der Waals surface area contributed by atoms with Crippen LogP contribution in [0.5, 0.6) is 0 Å². The maximum Gasteiger partial charge on any atom is 0.224 e. The van der Waals surface area contributed by atoms with Crippen molar-refractivity contribution in [2.45, 2.75) is 57.8 Å². The summed E-state index contributed by atoms with van der Waals surface area (Å²) in [6, 6.07) is 6.33. The minimum Gasteiger partial charge on any atom is -0.369 e. The summed E-state index contributed by atoms with van der Waals surface area (Å²) in [6.45, 7) is 5.95. The van der Waals surface area contributed by atoms with E-state index >= 15 is 0 Å². The van der Waals surface area contributed by atoms with Crippen LogP contribution in [0.15, 0.2) is 22.7 Å². The molecule has 3 fully saturated rings. The van der Waals surface area contributed by atoms with Gasteiger partial charge in [0.05, 0.1) is 17.5 Å². The number of unbranched alkanes of at least 4 members (excludes halogenated alkanes) is 1. The molecule has 3 N–H and O–H groups in total. The van der Waals surface area contributed by atoms with Gasteiger partial charge in [0, 0.05) is 17.8 Å². The van der Waals surface area contributed by atoms with Crippen LogP contribution in [-0.4, -0.2) is 48.0 Å². The molecule has 33 heavy (non-hydrogen) atoms. The lowest BCUT2D eigenvalue weighted by molar-refractivity contribution is -0.135. The predicted molar refractivity (Wildman–Crippen MR) is 126 cm³/mol. The van der Waals surface area contributed by atoms with E-state index in [4.69, 9.17) is 10.3 Å². The van der Waals surface area contributed by atoms with Crippen molar-refractivity contribution in [3.8, 4) is 0 Å². The number of likely N-dealkylation sites (tertiary alicyclic amines) is 1. The first-order chi connectivity index (χ1) is 16.0. The molecule has 0 spiro atoms. The second-order valence-electron chi connectivity index (χ2n) is 10.5. The molecule has 1 aliphatic heterocycles. The summed E-state index contributed by atoms with van der Waals surface area (Å²) >= 11 is 0. The highest BCUT2D eigenvalue weighted by Crippen LogP contribution is 2.52. The smallest absolute Gasteiger partial charge is 0.224 e. The highest BCUT2D eigenvalue weighted by Gasteiger charge is 2.53. The van der Waals surface area contributed by atoms with Gasteiger partial charge in [0.2, 0.25) is 11.8 Å². The van der Waals surface area contributed by atoms with Gasteiger partial charge in [0.1, 0.15) is 0 Å². The van der Waals surface area contributed by atoms with Crippen LogP contribution in [0, 0.1) is 30.6 Å². The molecule has 2 heterocycles. The summed E-state index contributed by atoms with van der Waals surface area (Å²) in [6.07, 6.45) is 7.33. The third-order valence-corrected chi connectivity index (χ3v) is 8.38. The molecule has 4 atom stereocenters. The van der Waals surface area contributed by atoms with Crippen molar-refractivity contribution in [1.82, 2.24) is 15.4 Å². The minimum absolute atomic E-state index is 0.0434. The van der Waals surface area contributed by atoms with E-state index < -0.39 is 0 Å². The molecule has 7 heteroatoms. The highest BCUT2D eigenvalue weighted by molar-refractivity contribution is 5.88. The van der Waals surface area contributed by atoms with E-state index in [9.17, 15) is 9.59 Å². The second-order valence-corrected chi connectivity index (χ2v) is 10.5. The van der Waals surface area contributed by atoms with Gasteiger partial charge in [0.25, 0.3) is 0 Å². The first kappa shape index (κ1) is 22.4. The largest absolute Gasteiger partial charge is 0.369 e. The number of nitrogens with zero attached hydrogens (tertiary/aromatic N) is 2. The van der Waals surface area contributed by atoms with Crippen molar-refractivity contribution in [2.24, 2.45) is 29.4 Å². The number of amides is 2. The van der Waals surface area contributed by atoms with Gasteiger partial charge < -0.3 is 20.5 Å². The number of piperidine rings is 1. The molecule has 2 aliphatic carbocycles. The zero-order chi connectivity index (χ0) is 22.9. The third kappa shape index (κ3) is 4.52. The Morgan fingerprint density at radius 3 is 2.64 bits per heavy atom. The van der Waals surface area contributed by atoms with E-state index in [1.165, 1.54) is 5.56 Å². The van der Waals surface area contributed by atoms with Crippen LogP contribution in [0.3, 0.4) is 0 Å². The minimum atomic E-state index is -0.292. The molecular formula is C26H36N4O3. The normalized spacial score (nSPS) is 27.9. The summed E-state index contributed by atoms with van der Waals surface area (Å²) in [4.78, 5) is 27.1. The molecule has 0 radical (unpaired) electrons. The van der Waals surface area contributed by atoms with E-state index in [1.54, 1.807) is 0 Å². The van der Waals surface area contributed by atoms with Crippen molar-refractivity contribution in [3.05, 3.63) is 29.5 Å². The number of nitrogens with two attached hydrogens (primary N) is 1. The number of carbonyl (C=O) groups is 2. The van der Waals surface area contributed by atoms with Crippen LogP contribution in [0.2, 0.25) is 0 Å². The molecule has 2 bridgehead atoms. The standard InChI is InChI=1S/C26H36N4O3/c1-16-4-7-20-21(14-16)33-29-24(20)17-8-12-30(13-9-17)11-3-2-10-28-26(32)23-19-6-5-18(15-19)22(23)25(27)31/h4,7,14,17-19,22-23H,2-3,5-6,8-13,15H2,1H3,(H2,27,31)(H,28,32). The molecular weight excluding hydrogens is 416 g/mol. The van der Waals surface area contributed by atoms with E-state index in [2.05, 4.69) is 40.5 Å². The summed E-state index contributed by atoms with van der Waals surface area (Å²) in [5, 5.41) is 8.64. The number of hydrogen-bond donors (Lipinski definition) is 2. The fourth-order valence-corrected chi connectivity index (χ4v) is 6.66. The Bertz CT molecular complexity index is 1010. The quantitative estimate of drug-likeness (QED) is 0.598. The molecule has 2 saturated carbocycles. The molecule has 3 aliphatic rings. The monoisotopic (exact) mass is 452 g/mol. The van der Waals surface area contributed by atoms with E-state index in [-0.39, 0.29) is 23.7 Å². The van der Waals surface area contributed by atoms with Crippen molar-refractivity contribution < 1.29 is 14.1 Å². The highest BCUT2D eigenvalue weighted by atomic mass is 16.5. The lowest BCUT2D eigenvalue weighted by atomic mass is 9.78. The fraction of sp³-hybridized carbons (Fsp3) is 0.654. The Kier molecular flexibility index (Phi) is 6.41. The van der Waals surface area contributed by atoms with Crippen LogP contribution in [-0.2, 0) is 9.59 Å². The average molecular weight is 453 g/mol. The predicted octanol–water partition coefficient (Wildman–Crippen LogP) is 3.36. The number of aryl methyl sites for hydroxylation is 1. The summed E-state index contributed by atoms with van der Waals surface area (Å²) in [5.74, 6) is 0.434. The van der Waals surface area contributed by atoms with Crippen molar-refractivity contribution in [3.63, 3.8) is 0 Å². The average Bonchev–Trinajstić information content (AvgIpc) is 3.53. The summed E-state index contributed by atoms with van der Waals surface area (Å²) in [7, 11) is 0. The van der Waals surface area contributed by atoms with Gasteiger partial charge in [-0.3, -0.25) is 9.59 Å². The molecule has 7 nitrogen and oxygen atoms in total. The molecule has 2 aromatic rings. The lowest BCUT2D eigenvalue weighted by Gasteiger charge is -2.31. The second kappa shape index (κ2) is 9.45. The maximum atomic E-state index is 12.7. The Labute approximate surface area is 195 Å². The van der Waals surface area contributed by atoms with Gasteiger partial charge in [-0.15, -0.1) is 0 Å². The zero-order valence-corrected chi connectivity index (χ0v) is 19.6. The Balaban J connectivity index is 1.02. The lowest BCUT2D eigenvalue weighted by Crippen LogP contribution is -2.43. The molecule has 4 unspecified atom stereocenters. The van der Waals surface area contributed by atoms with Gasteiger partial charge in [0.15, 0.2) is 5.58 Å². The number of fused-ring (bicyclic) bond motifs is 3. The Morgan fingerprint density at radius 1 is 1.12 bits per heavy atom. The van der Waals surface area contributed by atoms with Gasteiger partial charge in [-0.05, 0) is 101 Å². The zero-order valence-electron chi connectivity index (χ0n) is 19.6. The first-order valence-electron chi connectivity index (χ1n) is 12.7. The number of carbonyl (C=O) groups excluding carboxylic acids is 2. The molecule has 1 aromatic heterocycles. The number of nitrogens with one attached hydrogen (secondary N) is 1. The maximum absolute atomic E-state index is 12.7. The number of rotatable bonds is 8. The van der Waals surface area contributed by atoms with Crippen LogP contribution >= 0.6 is 0 Å². The van der Waals surface area contributed by atoms with Crippen LogP contribution < -0.4 is 11.1 Å². The van der Waals surface area contributed by atoms with Gasteiger partial charge >= 0.3 is 0 Å². The van der Waals surface area contributed by atoms with Gasteiger partial charge in [-0.25, -0.2) is 0 Å². The Hall–Kier alpha value is -2.41. The summed E-state index contributed by atoms with van der Waals surface area (Å²) < 4.78 is 5.57. The Morgan fingerprint density at radius 2 is 1.88 bits per heavy atom. The van der Waals surface area contributed by atoms with Gasteiger partial charge in [-0.1, -0.05) is 11.2 Å². The molecule has 1 aromatic carbocycles. The number of benzene rings is 1. The van der Waals surface area contributed by atoms with Crippen LogP contribution in [0.1, 0.15) is 62.1 Å². The third-order valence-electron chi connectivity index (χ3n) is 8.38. The first-order valence-corrected chi connectivity index (χ1v) is 12.7. The molecule has 2 amide bonds. The van der Waals surface area contributed by atoms with Crippen molar-refractivity contribution in [1.29, 1.82) is 0 Å². The topological polar surface area (TPSA) is 101 Å². The van der Waals surface area contributed by atoms with Crippen molar-refractivity contribution >= 4 is 22.8 Å². The fourth-order valence-electron chi connectivity index (χ4n) is 6.66. The van der Waals surface area contributed by atoms with Crippen LogP contribution in [0.4, 0.5) is 0 Å². The molecule has 178 valence electrons. The molecule has 1 saturated heterocycles. The van der Waals surface area contributed by atoms with E-state index in [0.717, 1.165) is 81.2 Å². The van der Waals surface area contributed by atoms with Gasteiger partial charge in [-0.2, -0.15) is 0 Å². The number of primary amides is 1. The number of aromatic nitrogens is 1. The summed E-state index contributed by atoms with van der Waals surface area (Å²) in [5.41, 5.74) is 8.81. The van der Waals surface area contributed by atoms with E-state index in [1.807, 2.05) is 0 Å². The van der Waals surface area contributed by atoms with Crippen molar-refractivity contribution in [2.75, 3.05) is 26.2 Å². The van der Waals surface area contributed by atoms with Crippen LogP contribution in [0.25, 0.3) is 11.0 Å². The van der Waals surface area contributed by atoms with E-state index in [0.29, 0.717) is 24.3 Å². The number of hydrogen-bond acceptors (Lipinski definition) is 5. The SMILES string of the molecule is Cc1ccc2c(C3CCN(CCCCNC(=O)C4C5CCC(C5)C4C(N)=O)CC3)noc2c1. The molecule has 5 rings (SSSR count).